The van der Waals surface area contributed by atoms with Crippen LogP contribution in [0.2, 0.25) is 0 Å². The SMILES string of the molecule is CCNC(c1cccnc1)C1CCOc2ccccc21. The Kier molecular flexibility index (Phi) is 3.97. The number of hydrogen-bond acceptors (Lipinski definition) is 3. The number of aromatic nitrogens is 1. The van der Waals surface area contributed by atoms with E-state index in [1.54, 1.807) is 0 Å². The van der Waals surface area contributed by atoms with Crippen molar-refractivity contribution in [1.82, 2.24) is 10.3 Å². The fourth-order valence-electron chi connectivity index (χ4n) is 2.99. The van der Waals surface area contributed by atoms with Crippen molar-refractivity contribution in [1.29, 1.82) is 0 Å². The molecule has 2 atom stereocenters. The third-order valence-corrected chi connectivity index (χ3v) is 3.87. The lowest BCUT2D eigenvalue weighted by Crippen LogP contribution is -2.30. The molecule has 0 spiro atoms. The maximum absolute atomic E-state index is 5.77. The van der Waals surface area contributed by atoms with E-state index in [0.717, 1.165) is 25.3 Å². The van der Waals surface area contributed by atoms with Gasteiger partial charge in [-0.25, -0.2) is 0 Å². The monoisotopic (exact) mass is 268 g/mol. The number of ether oxygens (including phenoxy) is 1. The predicted molar refractivity (Wildman–Crippen MR) is 79.9 cm³/mol. The Morgan fingerprint density at radius 3 is 3.00 bits per heavy atom. The van der Waals surface area contributed by atoms with E-state index in [-0.39, 0.29) is 0 Å². The zero-order valence-electron chi connectivity index (χ0n) is 11.8. The van der Waals surface area contributed by atoms with Gasteiger partial charge in [-0.05, 0) is 36.2 Å². The molecule has 1 aliphatic rings. The lowest BCUT2D eigenvalue weighted by atomic mass is 9.83. The van der Waals surface area contributed by atoms with Crippen molar-refractivity contribution < 1.29 is 4.74 Å². The summed E-state index contributed by atoms with van der Waals surface area (Å²) in [6.07, 6.45) is 4.82. The van der Waals surface area contributed by atoms with Crippen LogP contribution in [-0.4, -0.2) is 18.1 Å². The molecule has 1 aliphatic heterocycles. The highest BCUT2D eigenvalue weighted by molar-refractivity contribution is 5.40. The summed E-state index contributed by atoms with van der Waals surface area (Å²) >= 11 is 0. The van der Waals surface area contributed by atoms with E-state index in [4.69, 9.17) is 4.74 Å². The number of nitrogens with one attached hydrogen (secondary N) is 1. The highest BCUT2D eigenvalue weighted by Crippen LogP contribution is 2.41. The maximum Gasteiger partial charge on any atom is 0.122 e. The maximum atomic E-state index is 5.77. The predicted octanol–water partition coefficient (Wildman–Crippen LogP) is 3.30. The van der Waals surface area contributed by atoms with E-state index in [1.807, 2.05) is 24.5 Å². The van der Waals surface area contributed by atoms with E-state index in [1.165, 1.54) is 11.1 Å². The summed E-state index contributed by atoms with van der Waals surface area (Å²) in [7, 11) is 0. The second kappa shape index (κ2) is 6.06. The van der Waals surface area contributed by atoms with Crippen LogP contribution in [0.3, 0.4) is 0 Å². The number of hydrogen-bond donors (Lipinski definition) is 1. The van der Waals surface area contributed by atoms with Gasteiger partial charge in [0.25, 0.3) is 0 Å². The summed E-state index contributed by atoms with van der Waals surface area (Å²) in [5, 5.41) is 3.61. The van der Waals surface area contributed by atoms with E-state index >= 15 is 0 Å². The number of para-hydroxylation sites is 1. The molecule has 1 aromatic carbocycles. The summed E-state index contributed by atoms with van der Waals surface area (Å²) in [6, 6.07) is 12.8. The van der Waals surface area contributed by atoms with Crippen molar-refractivity contribution in [3.63, 3.8) is 0 Å². The zero-order chi connectivity index (χ0) is 13.8. The first-order valence-electron chi connectivity index (χ1n) is 7.25. The van der Waals surface area contributed by atoms with Gasteiger partial charge in [0.05, 0.1) is 6.61 Å². The topological polar surface area (TPSA) is 34.2 Å². The summed E-state index contributed by atoms with van der Waals surface area (Å²) in [5.74, 6) is 1.46. The second-order valence-electron chi connectivity index (χ2n) is 5.10. The quantitative estimate of drug-likeness (QED) is 0.924. The van der Waals surface area contributed by atoms with Gasteiger partial charge in [0.2, 0.25) is 0 Å². The largest absolute Gasteiger partial charge is 0.493 e. The van der Waals surface area contributed by atoms with Crippen LogP contribution in [0.25, 0.3) is 0 Å². The van der Waals surface area contributed by atoms with Crippen molar-refractivity contribution in [2.75, 3.05) is 13.2 Å². The van der Waals surface area contributed by atoms with Crippen molar-refractivity contribution in [3.8, 4) is 5.75 Å². The average molecular weight is 268 g/mol. The van der Waals surface area contributed by atoms with Crippen LogP contribution in [-0.2, 0) is 0 Å². The first kappa shape index (κ1) is 13.1. The van der Waals surface area contributed by atoms with Crippen LogP contribution in [0.1, 0.15) is 36.4 Å². The second-order valence-corrected chi connectivity index (χ2v) is 5.10. The zero-order valence-corrected chi connectivity index (χ0v) is 11.8. The Balaban J connectivity index is 1.97. The molecule has 0 fully saturated rings. The highest BCUT2D eigenvalue weighted by Gasteiger charge is 2.29. The molecule has 3 heteroatoms. The molecule has 2 unspecified atom stereocenters. The van der Waals surface area contributed by atoms with Gasteiger partial charge in [-0.15, -0.1) is 0 Å². The molecule has 2 aromatic rings. The molecule has 2 heterocycles. The average Bonchev–Trinajstić information content (AvgIpc) is 2.53. The van der Waals surface area contributed by atoms with E-state index in [0.29, 0.717) is 12.0 Å². The number of benzene rings is 1. The minimum absolute atomic E-state index is 0.291. The minimum Gasteiger partial charge on any atom is -0.493 e. The fourth-order valence-corrected chi connectivity index (χ4v) is 2.99. The molecule has 20 heavy (non-hydrogen) atoms. The third-order valence-electron chi connectivity index (χ3n) is 3.87. The van der Waals surface area contributed by atoms with Gasteiger partial charge in [-0.3, -0.25) is 4.98 Å². The molecular formula is C17H20N2O. The third kappa shape index (κ3) is 2.54. The van der Waals surface area contributed by atoms with Gasteiger partial charge >= 0.3 is 0 Å². The summed E-state index contributed by atoms with van der Waals surface area (Å²) in [4.78, 5) is 4.27. The molecular weight excluding hydrogens is 248 g/mol. The van der Waals surface area contributed by atoms with Gasteiger partial charge in [0.1, 0.15) is 5.75 Å². The Morgan fingerprint density at radius 1 is 1.30 bits per heavy atom. The van der Waals surface area contributed by atoms with E-state index < -0.39 is 0 Å². The summed E-state index contributed by atoms with van der Waals surface area (Å²) in [6.45, 7) is 3.87. The molecule has 3 nitrogen and oxygen atoms in total. The molecule has 1 aromatic heterocycles. The standard InChI is InChI=1S/C17H20N2O/c1-2-19-17(13-6-5-10-18-12-13)15-9-11-20-16-8-4-3-7-14(15)16/h3-8,10,12,15,17,19H,2,9,11H2,1H3. The van der Waals surface area contributed by atoms with Crippen LogP contribution < -0.4 is 10.1 Å². The Hall–Kier alpha value is -1.87. The van der Waals surface area contributed by atoms with Gasteiger partial charge in [0.15, 0.2) is 0 Å². The lowest BCUT2D eigenvalue weighted by Gasteiger charge is -2.33. The van der Waals surface area contributed by atoms with Crippen molar-refractivity contribution in [2.45, 2.75) is 25.3 Å². The molecule has 0 bridgehead atoms. The van der Waals surface area contributed by atoms with Crippen molar-refractivity contribution >= 4 is 0 Å². The van der Waals surface area contributed by atoms with Crippen LogP contribution in [0.15, 0.2) is 48.8 Å². The normalized spacial score (nSPS) is 18.9. The first-order valence-corrected chi connectivity index (χ1v) is 7.25. The molecule has 0 amide bonds. The Morgan fingerprint density at radius 2 is 2.20 bits per heavy atom. The molecule has 0 saturated heterocycles. The number of pyridine rings is 1. The van der Waals surface area contributed by atoms with Gasteiger partial charge in [-0.2, -0.15) is 0 Å². The van der Waals surface area contributed by atoms with E-state index in [9.17, 15) is 0 Å². The van der Waals surface area contributed by atoms with Crippen LogP contribution in [0.5, 0.6) is 5.75 Å². The van der Waals surface area contributed by atoms with Gasteiger partial charge in [0, 0.05) is 24.4 Å². The number of nitrogens with zero attached hydrogens (tertiary/aromatic N) is 1. The Labute approximate surface area is 120 Å². The minimum atomic E-state index is 0.291. The first-order chi connectivity index (χ1) is 9.90. The molecule has 1 N–H and O–H groups in total. The summed E-state index contributed by atoms with van der Waals surface area (Å²) < 4.78 is 5.77. The number of fused-ring (bicyclic) bond motifs is 1. The van der Waals surface area contributed by atoms with Crippen LogP contribution in [0, 0.1) is 0 Å². The van der Waals surface area contributed by atoms with E-state index in [2.05, 4.69) is 41.5 Å². The van der Waals surface area contributed by atoms with Gasteiger partial charge in [-0.1, -0.05) is 31.2 Å². The van der Waals surface area contributed by atoms with Crippen LogP contribution in [0.4, 0.5) is 0 Å². The number of likely N-dealkylation sites (N-methyl/N-ethyl adjacent to an activating group) is 1. The Bertz CT molecular complexity index is 556. The van der Waals surface area contributed by atoms with Crippen LogP contribution >= 0.6 is 0 Å². The number of rotatable bonds is 4. The smallest absolute Gasteiger partial charge is 0.122 e. The molecule has 0 radical (unpaired) electrons. The highest BCUT2D eigenvalue weighted by atomic mass is 16.5. The molecule has 3 rings (SSSR count). The fraction of sp³-hybridized carbons (Fsp3) is 0.353. The molecule has 104 valence electrons. The van der Waals surface area contributed by atoms with Gasteiger partial charge < -0.3 is 10.1 Å². The molecule has 0 aliphatic carbocycles. The lowest BCUT2D eigenvalue weighted by molar-refractivity contribution is 0.246. The van der Waals surface area contributed by atoms with Crippen molar-refractivity contribution in [3.05, 3.63) is 59.9 Å². The molecule has 0 saturated carbocycles. The summed E-state index contributed by atoms with van der Waals surface area (Å²) in [5.41, 5.74) is 2.55. The van der Waals surface area contributed by atoms with Crippen molar-refractivity contribution in [2.24, 2.45) is 0 Å².